The fraction of sp³-hybridized carbons (Fsp3) is 0.450. The maximum Gasteiger partial charge on any atom is 0.264 e. The van der Waals surface area contributed by atoms with E-state index in [4.69, 9.17) is 4.55 Å². The molecule has 28 heavy (non-hydrogen) atoms. The number of piperazine rings is 1. The van der Waals surface area contributed by atoms with Gasteiger partial charge >= 0.3 is 0 Å². The number of hydrogen-bond acceptors (Lipinski definition) is 5. The van der Waals surface area contributed by atoms with E-state index in [9.17, 15) is 12.8 Å². The Kier molecular flexibility index (Phi) is 7.12. The first-order valence-corrected chi connectivity index (χ1v) is 11.1. The van der Waals surface area contributed by atoms with Crippen LogP contribution in [0.5, 0.6) is 0 Å². The van der Waals surface area contributed by atoms with Crippen molar-refractivity contribution in [2.75, 3.05) is 38.5 Å². The minimum Gasteiger partial charge on any atom is -0.301 e. The molecule has 0 bridgehead atoms. The summed E-state index contributed by atoms with van der Waals surface area (Å²) in [6.45, 7) is 4.14. The second kappa shape index (κ2) is 9.56. The Labute approximate surface area is 165 Å². The molecule has 0 radical (unpaired) electrons. The fourth-order valence-electron chi connectivity index (χ4n) is 3.64. The molecule has 2 aromatic rings. The quantitative estimate of drug-likeness (QED) is 0.536. The Hall–Kier alpha value is -1.87. The predicted octanol–water partition coefficient (Wildman–Crippen LogP) is 2.60. The van der Waals surface area contributed by atoms with Crippen molar-refractivity contribution < 1.29 is 17.4 Å². The zero-order valence-corrected chi connectivity index (χ0v) is 16.6. The molecular formula is C20H26FN3O3S. The molecule has 1 aliphatic heterocycles. The van der Waals surface area contributed by atoms with Gasteiger partial charge in [0.05, 0.1) is 17.5 Å². The smallest absolute Gasteiger partial charge is 0.264 e. The van der Waals surface area contributed by atoms with Gasteiger partial charge in [0.15, 0.2) is 0 Å². The number of halogens is 1. The number of hydrogen-bond donors (Lipinski definition) is 1. The molecule has 1 aromatic heterocycles. The average molecular weight is 408 g/mol. The van der Waals surface area contributed by atoms with Gasteiger partial charge in [-0.1, -0.05) is 30.3 Å². The Balaban J connectivity index is 1.62. The molecule has 3 rings (SSSR count). The number of aromatic nitrogens is 1. The molecular weight excluding hydrogens is 381 g/mol. The van der Waals surface area contributed by atoms with Crippen LogP contribution in [0.25, 0.3) is 0 Å². The van der Waals surface area contributed by atoms with Crippen molar-refractivity contribution in [3.63, 3.8) is 0 Å². The van der Waals surface area contributed by atoms with Gasteiger partial charge in [0, 0.05) is 32.4 Å². The van der Waals surface area contributed by atoms with E-state index in [-0.39, 0.29) is 17.6 Å². The van der Waals surface area contributed by atoms with E-state index < -0.39 is 10.1 Å². The molecule has 0 amide bonds. The van der Waals surface area contributed by atoms with Gasteiger partial charge in [0.1, 0.15) is 5.82 Å². The van der Waals surface area contributed by atoms with E-state index in [0.29, 0.717) is 12.1 Å². The number of rotatable bonds is 8. The summed E-state index contributed by atoms with van der Waals surface area (Å²) in [5, 5.41) is 0. The van der Waals surface area contributed by atoms with E-state index >= 15 is 0 Å². The average Bonchev–Trinajstić information content (AvgIpc) is 2.67. The summed E-state index contributed by atoms with van der Waals surface area (Å²) in [7, 11) is -3.88. The standard InChI is InChI=1S/C20H26FN3O3S/c21-18-8-9-22-19(16-18)20(17-6-2-1-3-7-17)24-13-11-23(12-14-24)10-4-5-15-28(25,26)27/h1-3,6-9,16,20H,4-5,10-15H2,(H,25,26,27). The van der Waals surface area contributed by atoms with E-state index in [1.807, 2.05) is 30.3 Å². The van der Waals surface area contributed by atoms with Crippen molar-refractivity contribution in [3.05, 3.63) is 65.7 Å². The minimum atomic E-state index is -3.88. The second-order valence-corrected chi connectivity index (χ2v) is 8.65. The Bertz CT molecular complexity index is 856. The molecule has 2 heterocycles. The Morgan fingerprint density at radius 3 is 2.43 bits per heavy atom. The molecule has 0 aliphatic carbocycles. The summed E-state index contributed by atoms with van der Waals surface area (Å²) < 4.78 is 44.2. The largest absolute Gasteiger partial charge is 0.301 e. The minimum absolute atomic E-state index is 0.0985. The highest BCUT2D eigenvalue weighted by Crippen LogP contribution is 2.28. The van der Waals surface area contributed by atoms with E-state index in [1.165, 1.54) is 18.3 Å². The van der Waals surface area contributed by atoms with Crippen LogP contribution in [0.15, 0.2) is 48.7 Å². The van der Waals surface area contributed by atoms with Gasteiger partial charge in [0.2, 0.25) is 0 Å². The third-order valence-electron chi connectivity index (χ3n) is 5.04. The summed E-state index contributed by atoms with van der Waals surface area (Å²) >= 11 is 0. The van der Waals surface area contributed by atoms with Gasteiger partial charge in [-0.15, -0.1) is 0 Å². The Morgan fingerprint density at radius 1 is 1.07 bits per heavy atom. The zero-order chi connectivity index (χ0) is 20.0. The van der Waals surface area contributed by atoms with Crippen LogP contribution < -0.4 is 0 Å². The maximum atomic E-state index is 13.8. The van der Waals surface area contributed by atoms with Crippen molar-refractivity contribution in [2.24, 2.45) is 0 Å². The monoisotopic (exact) mass is 407 g/mol. The summed E-state index contributed by atoms with van der Waals surface area (Å²) in [6, 6.07) is 12.8. The third kappa shape index (κ3) is 6.07. The van der Waals surface area contributed by atoms with Crippen LogP contribution in [0, 0.1) is 5.82 Å². The molecule has 1 fully saturated rings. The molecule has 8 heteroatoms. The summed E-state index contributed by atoms with van der Waals surface area (Å²) in [4.78, 5) is 9.02. The van der Waals surface area contributed by atoms with Gasteiger partial charge in [-0.3, -0.25) is 14.4 Å². The molecule has 1 saturated heterocycles. The van der Waals surface area contributed by atoms with Gasteiger partial charge in [-0.25, -0.2) is 4.39 Å². The highest BCUT2D eigenvalue weighted by atomic mass is 32.2. The van der Waals surface area contributed by atoms with E-state index in [1.54, 1.807) is 0 Å². The number of pyridine rings is 1. The molecule has 0 spiro atoms. The van der Waals surface area contributed by atoms with Crippen molar-refractivity contribution in [1.29, 1.82) is 0 Å². The molecule has 1 N–H and O–H groups in total. The first kappa shape index (κ1) is 20.9. The topological polar surface area (TPSA) is 73.7 Å². The number of benzene rings is 1. The third-order valence-corrected chi connectivity index (χ3v) is 5.84. The lowest BCUT2D eigenvalue weighted by atomic mass is 10.0. The fourth-order valence-corrected chi connectivity index (χ4v) is 4.21. The highest BCUT2D eigenvalue weighted by molar-refractivity contribution is 7.85. The molecule has 1 unspecified atom stereocenters. The first-order valence-electron chi connectivity index (χ1n) is 9.50. The van der Waals surface area contributed by atoms with Gasteiger partial charge in [0.25, 0.3) is 10.1 Å². The van der Waals surface area contributed by atoms with Gasteiger partial charge in [-0.05, 0) is 37.1 Å². The van der Waals surface area contributed by atoms with Crippen LogP contribution in [-0.2, 0) is 10.1 Å². The second-order valence-electron chi connectivity index (χ2n) is 7.08. The lowest BCUT2D eigenvalue weighted by molar-refractivity contribution is 0.107. The highest BCUT2D eigenvalue weighted by Gasteiger charge is 2.27. The first-order chi connectivity index (χ1) is 13.4. The lowest BCUT2D eigenvalue weighted by Gasteiger charge is -2.39. The maximum absolute atomic E-state index is 13.8. The van der Waals surface area contributed by atoms with Crippen molar-refractivity contribution in [2.45, 2.75) is 18.9 Å². The predicted molar refractivity (Wildman–Crippen MR) is 106 cm³/mol. The number of nitrogens with zero attached hydrogens (tertiary/aromatic N) is 3. The normalized spacial score (nSPS) is 17.5. The molecule has 0 saturated carbocycles. The molecule has 152 valence electrons. The van der Waals surface area contributed by atoms with Crippen LogP contribution in [0.3, 0.4) is 0 Å². The SMILES string of the molecule is O=S(=O)(O)CCCCN1CCN(C(c2ccccc2)c2cc(F)ccn2)CC1. The summed E-state index contributed by atoms with van der Waals surface area (Å²) in [5.74, 6) is -0.475. The summed E-state index contributed by atoms with van der Waals surface area (Å²) in [6.07, 6.45) is 2.69. The van der Waals surface area contributed by atoms with Gasteiger partial charge < -0.3 is 4.90 Å². The van der Waals surface area contributed by atoms with Crippen molar-refractivity contribution >= 4 is 10.1 Å². The van der Waals surface area contributed by atoms with Crippen LogP contribution in [0.2, 0.25) is 0 Å². The molecule has 1 aliphatic rings. The lowest BCUT2D eigenvalue weighted by Crippen LogP contribution is -2.48. The summed E-state index contributed by atoms with van der Waals surface area (Å²) in [5.41, 5.74) is 1.79. The zero-order valence-electron chi connectivity index (χ0n) is 15.7. The van der Waals surface area contributed by atoms with Crippen molar-refractivity contribution in [3.8, 4) is 0 Å². The number of unbranched alkanes of at least 4 members (excludes halogenated alkanes) is 1. The van der Waals surface area contributed by atoms with Crippen molar-refractivity contribution in [1.82, 2.24) is 14.8 Å². The van der Waals surface area contributed by atoms with Crippen LogP contribution >= 0.6 is 0 Å². The van der Waals surface area contributed by atoms with E-state index in [0.717, 1.165) is 44.7 Å². The van der Waals surface area contributed by atoms with Gasteiger partial charge in [-0.2, -0.15) is 8.42 Å². The molecule has 1 aromatic carbocycles. The Morgan fingerprint density at radius 2 is 1.79 bits per heavy atom. The van der Waals surface area contributed by atoms with Crippen LogP contribution in [-0.4, -0.2) is 66.2 Å². The van der Waals surface area contributed by atoms with Crippen LogP contribution in [0.1, 0.15) is 30.1 Å². The molecule has 1 atom stereocenters. The molecule has 6 nitrogen and oxygen atoms in total. The van der Waals surface area contributed by atoms with Crippen LogP contribution in [0.4, 0.5) is 4.39 Å². The van der Waals surface area contributed by atoms with E-state index in [2.05, 4.69) is 14.8 Å².